The largest absolute Gasteiger partial charge is 0.391 e. The van der Waals surface area contributed by atoms with Crippen molar-refractivity contribution >= 4 is 34.9 Å². The van der Waals surface area contributed by atoms with Crippen LogP contribution in [0.3, 0.4) is 0 Å². The second-order valence-electron chi connectivity index (χ2n) is 3.91. The summed E-state index contributed by atoms with van der Waals surface area (Å²) in [5, 5.41) is 15.4. The molecule has 106 valence electrons. The number of ether oxygens (including phenoxy) is 1. The van der Waals surface area contributed by atoms with Gasteiger partial charge in [-0.2, -0.15) is 0 Å². The Labute approximate surface area is 121 Å². The third-order valence-electron chi connectivity index (χ3n) is 2.30. The van der Waals surface area contributed by atoms with Crippen molar-refractivity contribution in [1.82, 2.24) is 5.32 Å². The molecule has 0 aliphatic rings. The molecule has 0 saturated heterocycles. The van der Waals surface area contributed by atoms with E-state index >= 15 is 0 Å². The van der Waals surface area contributed by atoms with Gasteiger partial charge in [-0.15, -0.1) is 0 Å². The molecule has 0 aromatic heterocycles. The number of nitrogens with one attached hydrogen (secondary N) is 2. The molecule has 7 heteroatoms. The predicted octanol–water partition coefficient (Wildman–Crippen LogP) is 2.51. The molecule has 5 nitrogen and oxygen atoms in total. The zero-order valence-electron chi connectivity index (χ0n) is 10.5. The average molecular weight is 307 g/mol. The van der Waals surface area contributed by atoms with Gasteiger partial charge in [-0.3, -0.25) is 0 Å². The summed E-state index contributed by atoms with van der Waals surface area (Å²) in [5.41, 5.74) is 0.546. The minimum absolute atomic E-state index is 0.246. The van der Waals surface area contributed by atoms with Crippen molar-refractivity contribution in [3.63, 3.8) is 0 Å². The van der Waals surface area contributed by atoms with Crippen molar-refractivity contribution in [2.24, 2.45) is 0 Å². The second-order valence-corrected chi connectivity index (χ2v) is 4.72. The zero-order valence-corrected chi connectivity index (χ0v) is 12.0. The summed E-state index contributed by atoms with van der Waals surface area (Å²) in [4.78, 5) is 11.5. The SMILES string of the molecule is COCC(O)CCNC(=O)Nc1ccc(Cl)c(Cl)c1. The lowest BCUT2D eigenvalue weighted by Crippen LogP contribution is -2.32. The summed E-state index contributed by atoms with van der Waals surface area (Å²) >= 11 is 11.6. The molecule has 2 amide bonds. The molecule has 1 unspecified atom stereocenters. The molecule has 0 saturated carbocycles. The fourth-order valence-corrected chi connectivity index (χ4v) is 1.68. The maximum Gasteiger partial charge on any atom is 0.319 e. The number of aliphatic hydroxyl groups excluding tert-OH is 1. The lowest BCUT2D eigenvalue weighted by atomic mass is 10.3. The number of halogens is 2. The van der Waals surface area contributed by atoms with Gasteiger partial charge in [-0.1, -0.05) is 23.2 Å². The Morgan fingerprint density at radius 3 is 2.79 bits per heavy atom. The lowest BCUT2D eigenvalue weighted by molar-refractivity contribution is 0.0599. The number of carbonyl (C=O) groups excluding carboxylic acids is 1. The van der Waals surface area contributed by atoms with Crippen LogP contribution in [0.25, 0.3) is 0 Å². The van der Waals surface area contributed by atoms with Crippen LogP contribution in [0.4, 0.5) is 10.5 Å². The van der Waals surface area contributed by atoms with Gasteiger partial charge in [0, 0.05) is 19.3 Å². The van der Waals surface area contributed by atoms with E-state index < -0.39 is 6.10 Å². The Morgan fingerprint density at radius 1 is 1.42 bits per heavy atom. The van der Waals surface area contributed by atoms with Crippen LogP contribution in [0.2, 0.25) is 10.0 Å². The quantitative estimate of drug-likeness (QED) is 0.756. The first-order valence-electron chi connectivity index (χ1n) is 5.70. The standard InChI is InChI=1S/C12H16Cl2N2O3/c1-19-7-9(17)4-5-15-12(18)16-8-2-3-10(13)11(14)6-8/h2-3,6,9,17H,4-5,7H2,1H3,(H2,15,16,18). The number of benzene rings is 1. The van der Waals surface area contributed by atoms with Crippen molar-refractivity contribution in [2.75, 3.05) is 25.6 Å². The maximum atomic E-state index is 11.5. The van der Waals surface area contributed by atoms with Crippen molar-refractivity contribution in [1.29, 1.82) is 0 Å². The minimum Gasteiger partial charge on any atom is -0.391 e. The fraction of sp³-hybridized carbons (Fsp3) is 0.417. The number of carbonyl (C=O) groups is 1. The first kappa shape index (κ1) is 16.0. The second kappa shape index (κ2) is 8.22. The molecule has 1 aromatic carbocycles. The van der Waals surface area contributed by atoms with E-state index in [1.54, 1.807) is 18.2 Å². The Hall–Kier alpha value is -1.01. The molecule has 3 N–H and O–H groups in total. The van der Waals surface area contributed by atoms with Crippen molar-refractivity contribution in [3.8, 4) is 0 Å². The van der Waals surface area contributed by atoms with E-state index in [4.69, 9.17) is 27.9 Å². The topological polar surface area (TPSA) is 70.6 Å². The van der Waals surface area contributed by atoms with Crippen LogP contribution in [-0.2, 0) is 4.74 Å². The van der Waals surface area contributed by atoms with E-state index in [-0.39, 0.29) is 12.6 Å². The van der Waals surface area contributed by atoms with Gasteiger partial charge >= 0.3 is 6.03 Å². The number of urea groups is 1. The normalized spacial score (nSPS) is 12.0. The van der Waals surface area contributed by atoms with E-state index in [1.165, 1.54) is 7.11 Å². The lowest BCUT2D eigenvalue weighted by Gasteiger charge is -2.11. The summed E-state index contributed by atoms with van der Waals surface area (Å²) in [5.74, 6) is 0. The minimum atomic E-state index is -0.588. The third kappa shape index (κ3) is 6.11. The van der Waals surface area contributed by atoms with Crippen LogP contribution in [0.15, 0.2) is 18.2 Å². The number of rotatable bonds is 6. The Bertz CT molecular complexity index is 429. The molecule has 0 aliphatic heterocycles. The number of anilines is 1. The molecule has 0 heterocycles. The van der Waals surface area contributed by atoms with Crippen LogP contribution in [0, 0.1) is 0 Å². The smallest absolute Gasteiger partial charge is 0.319 e. The number of amides is 2. The van der Waals surface area contributed by atoms with Gasteiger partial charge in [-0.05, 0) is 24.6 Å². The van der Waals surface area contributed by atoms with Gasteiger partial charge in [0.05, 0.1) is 22.8 Å². The summed E-state index contributed by atoms with van der Waals surface area (Å²) in [6, 6.07) is 4.43. The van der Waals surface area contributed by atoms with Crippen LogP contribution >= 0.6 is 23.2 Å². The molecular weight excluding hydrogens is 291 g/mol. The van der Waals surface area contributed by atoms with Gasteiger partial charge in [-0.25, -0.2) is 4.79 Å². The van der Waals surface area contributed by atoms with Gasteiger partial charge in [0.25, 0.3) is 0 Å². The molecule has 0 bridgehead atoms. The van der Waals surface area contributed by atoms with Crippen molar-refractivity contribution in [2.45, 2.75) is 12.5 Å². The monoisotopic (exact) mass is 306 g/mol. The van der Waals surface area contributed by atoms with Crippen LogP contribution in [-0.4, -0.2) is 37.5 Å². The highest BCUT2D eigenvalue weighted by Crippen LogP contribution is 2.24. The summed E-state index contributed by atoms with van der Waals surface area (Å²) in [7, 11) is 1.51. The van der Waals surface area contributed by atoms with E-state index in [2.05, 4.69) is 10.6 Å². The van der Waals surface area contributed by atoms with E-state index in [0.29, 0.717) is 28.7 Å². The van der Waals surface area contributed by atoms with Gasteiger partial charge in [0.1, 0.15) is 0 Å². The molecule has 1 atom stereocenters. The molecular formula is C12H16Cl2N2O3. The fourth-order valence-electron chi connectivity index (χ4n) is 1.38. The van der Waals surface area contributed by atoms with Gasteiger partial charge < -0.3 is 20.5 Å². The van der Waals surface area contributed by atoms with Crippen LogP contribution in [0.1, 0.15) is 6.42 Å². The molecule has 0 spiro atoms. The predicted molar refractivity (Wildman–Crippen MR) is 76.0 cm³/mol. The Morgan fingerprint density at radius 2 is 2.16 bits per heavy atom. The summed E-state index contributed by atoms with van der Waals surface area (Å²) < 4.78 is 4.78. The van der Waals surface area contributed by atoms with Gasteiger partial charge in [0.15, 0.2) is 0 Å². The zero-order chi connectivity index (χ0) is 14.3. The Balaban J connectivity index is 2.33. The van der Waals surface area contributed by atoms with Crippen LogP contribution < -0.4 is 10.6 Å². The Kier molecular flexibility index (Phi) is 6.94. The molecule has 19 heavy (non-hydrogen) atoms. The highest BCUT2D eigenvalue weighted by Gasteiger charge is 2.06. The number of hydrogen-bond acceptors (Lipinski definition) is 3. The maximum absolute atomic E-state index is 11.5. The third-order valence-corrected chi connectivity index (χ3v) is 3.04. The number of methoxy groups -OCH3 is 1. The van der Waals surface area contributed by atoms with Gasteiger partial charge in [0.2, 0.25) is 0 Å². The first-order chi connectivity index (χ1) is 9.02. The van der Waals surface area contributed by atoms with E-state index in [1.807, 2.05) is 0 Å². The number of aliphatic hydroxyl groups is 1. The van der Waals surface area contributed by atoms with Crippen LogP contribution in [0.5, 0.6) is 0 Å². The number of hydrogen-bond donors (Lipinski definition) is 3. The first-order valence-corrected chi connectivity index (χ1v) is 6.45. The molecule has 0 radical (unpaired) electrons. The van der Waals surface area contributed by atoms with E-state index in [9.17, 15) is 9.90 Å². The summed E-state index contributed by atoms with van der Waals surface area (Å²) in [6.45, 7) is 0.591. The highest BCUT2D eigenvalue weighted by atomic mass is 35.5. The average Bonchev–Trinajstić information content (AvgIpc) is 2.34. The summed E-state index contributed by atoms with van der Waals surface area (Å²) in [6.07, 6.45) is -0.168. The molecule has 0 fully saturated rings. The molecule has 1 rings (SSSR count). The molecule has 1 aromatic rings. The molecule has 0 aliphatic carbocycles. The van der Waals surface area contributed by atoms with Crippen molar-refractivity contribution < 1.29 is 14.6 Å². The highest BCUT2D eigenvalue weighted by molar-refractivity contribution is 6.42. The van der Waals surface area contributed by atoms with E-state index in [0.717, 1.165) is 0 Å². The van der Waals surface area contributed by atoms with Crippen molar-refractivity contribution in [3.05, 3.63) is 28.2 Å².